The molecule has 2 heterocycles. The summed E-state index contributed by atoms with van der Waals surface area (Å²) in [5.41, 5.74) is 0.910. The highest BCUT2D eigenvalue weighted by Gasteiger charge is 2.33. The van der Waals surface area contributed by atoms with E-state index in [1.807, 2.05) is 29.3 Å². The Morgan fingerprint density at radius 1 is 1.43 bits per heavy atom. The van der Waals surface area contributed by atoms with Gasteiger partial charge in [-0.25, -0.2) is 9.78 Å². The van der Waals surface area contributed by atoms with Gasteiger partial charge in [-0.15, -0.1) is 11.3 Å². The summed E-state index contributed by atoms with van der Waals surface area (Å²) >= 11 is 1.53. The van der Waals surface area contributed by atoms with Crippen LogP contribution < -0.4 is 5.32 Å². The van der Waals surface area contributed by atoms with Crippen LogP contribution >= 0.6 is 11.3 Å². The molecule has 6 heteroatoms. The van der Waals surface area contributed by atoms with Crippen LogP contribution in [0.5, 0.6) is 0 Å². The molecule has 1 N–H and O–H groups in total. The van der Waals surface area contributed by atoms with Gasteiger partial charge in [-0.05, 0) is 31.4 Å². The number of hydrogen-bond donors (Lipinski definition) is 1. The Kier molecular flexibility index (Phi) is 4.15. The number of thiazole rings is 1. The van der Waals surface area contributed by atoms with E-state index in [-0.39, 0.29) is 6.03 Å². The van der Waals surface area contributed by atoms with Crippen LogP contribution in [-0.2, 0) is 13.0 Å². The smallest absolute Gasteiger partial charge is 0.316 e. The molecular weight excluding hydrogens is 284 g/mol. The molecule has 2 aromatic rings. The fraction of sp³-hybridized carbons (Fsp3) is 0.400. The molecule has 110 valence electrons. The van der Waals surface area contributed by atoms with Gasteiger partial charge in [-0.3, -0.25) is 10.3 Å². The molecule has 1 aliphatic carbocycles. The van der Waals surface area contributed by atoms with Crippen LogP contribution in [0.15, 0.2) is 30.6 Å². The fourth-order valence-electron chi connectivity index (χ4n) is 2.11. The maximum Gasteiger partial charge on any atom is 0.324 e. The molecule has 0 aromatic carbocycles. The number of rotatable bonds is 5. The maximum absolute atomic E-state index is 12.4. The zero-order valence-corrected chi connectivity index (χ0v) is 12.8. The number of nitrogens with one attached hydrogen (secondary N) is 1. The minimum atomic E-state index is -0.0832. The first kappa shape index (κ1) is 14.0. The average molecular weight is 302 g/mol. The van der Waals surface area contributed by atoms with Crippen molar-refractivity contribution in [2.24, 2.45) is 0 Å². The number of carbonyl (C=O) groups excluding carboxylic acids is 1. The lowest BCUT2D eigenvalue weighted by molar-refractivity contribution is 0.205. The van der Waals surface area contributed by atoms with E-state index in [9.17, 15) is 4.79 Å². The van der Waals surface area contributed by atoms with Crippen molar-refractivity contribution in [1.82, 2.24) is 14.9 Å². The highest BCUT2D eigenvalue weighted by molar-refractivity contribution is 7.15. The van der Waals surface area contributed by atoms with Crippen molar-refractivity contribution >= 4 is 22.5 Å². The van der Waals surface area contributed by atoms with E-state index in [0.717, 1.165) is 25.0 Å². The van der Waals surface area contributed by atoms with Crippen molar-refractivity contribution < 1.29 is 4.79 Å². The summed E-state index contributed by atoms with van der Waals surface area (Å²) in [4.78, 5) is 24.0. The number of nitrogens with zero attached hydrogens (tertiary/aromatic N) is 3. The zero-order chi connectivity index (χ0) is 14.7. The Labute approximate surface area is 128 Å². The minimum Gasteiger partial charge on any atom is -0.316 e. The van der Waals surface area contributed by atoms with E-state index in [4.69, 9.17) is 0 Å². The summed E-state index contributed by atoms with van der Waals surface area (Å²) in [5, 5.41) is 3.57. The van der Waals surface area contributed by atoms with Crippen LogP contribution in [0, 0.1) is 0 Å². The highest BCUT2D eigenvalue weighted by Crippen LogP contribution is 2.29. The number of amides is 2. The van der Waals surface area contributed by atoms with Gasteiger partial charge in [0.25, 0.3) is 0 Å². The first-order chi connectivity index (χ1) is 10.3. The molecule has 0 unspecified atom stereocenters. The Morgan fingerprint density at radius 2 is 2.29 bits per heavy atom. The number of aromatic nitrogens is 2. The first-order valence-corrected chi connectivity index (χ1v) is 8.00. The van der Waals surface area contributed by atoms with Gasteiger partial charge in [-0.2, -0.15) is 0 Å². The van der Waals surface area contributed by atoms with Gasteiger partial charge in [0.15, 0.2) is 5.13 Å². The topological polar surface area (TPSA) is 58.1 Å². The fourth-order valence-corrected chi connectivity index (χ4v) is 2.85. The van der Waals surface area contributed by atoms with Gasteiger partial charge in [0.2, 0.25) is 0 Å². The first-order valence-electron chi connectivity index (χ1n) is 7.18. The largest absolute Gasteiger partial charge is 0.324 e. The molecule has 0 spiro atoms. The maximum atomic E-state index is 12.4. The third-order valence-electron chi connectivity index (χ3n) is 3.42. The van der Waals surface area contributed by atoms with Gasteiger partial charge >= 0.3 is 6.03 Å². The van der Waals surface area contributed by atoms with E-state index in [1.165, 1.54) is 16.2 Å². The minimum absolute atomic E-state index is 0.0832. The lowest BCUT2D eigenvalue weighted by Gasteiger charge is -2.21. The predicted molar refractivity (Wildman–Crippen MR) is 83.3 cm³/mol. The normalized spacial score (nSPS) is 14.0. The molecule has 2 amide bonds. The quantitative estimate of drug-likeness (QED) is 0.922. The van der Waals surface area contributed by atoms with Crippen LogP contribution in [0.1, 0.15) is 30.3 Å². The van der Waals surface area contributed by atoms with E-state index < -0.39 is 0 Å². The molecule has 1 fully saturated rings. The van der Waals surface area contributed by atoms with Crippen LogP contribution in [0.2, 0.25) is 0 Å². The van der Waals surface area contributed by atoms with Gasteiger partial charge in [0.05, 0.1) is 12.2 Å². The van der Waals surface area contributed by atoms with Crippen molar-refractivity contribution in [3.63, 3.8) is 0 Å². The summed E-state index contributed by atoms with van der Waals surface area (Å²) < 4.78 is 0. The number of aryl methyl sites for hydroxylation is 1. The Bertz CT molecular complexity index is 609. The number of anilines is 1. The molecule has 0 atom stereocenters. The van der Waals surface area contributed by atoms with Crippen LogP contribution in [-0.4, -0.2) is 26.9 Å². The molecule has 3 rings (SSSR count). The number of urea groups is 1. The average Bonchev–Trinajstić information content (AvgIpc) is 3.25. The second-order valence-electron chi connectivity index (χ2n) is 5.10. The van der Waals surface area contributed by atoms with Crippen molar-refractivity contribution in [3.8, 4) is 0 Å². The van der Waals surface area contributed by atoms with Crippen molar-refractivity contribution in [3.05, 3.63) is 41.2 Å². The molecule has 21 heavy (non-hydrogen) atoms. The van der Waals surface area contributed by atoms with Gasteiger partial charge < -0.3 is 4.90 Å². The van der Waals surface area contributed by atoms with Crippen molar-refractivity contribution in [2.75, 3.05) is 5.32 Å². The Morgan fingerprint density at radius 3 is 2.90 bits per heavy atom. The third kappa shape index (κ3) is 3.58. The standard InChI is InChI=1S/C15H18N4OS/c1-2-13-9-17-14(21-13)18-15(20)19(12-6-7-12)10-11-5-3-4-8-16-11/h3-5,8-9,12H,2,6-7,10H2,1H3,(H,17,18,20). The van der Waals surface area contributed by atoms with Crippen molar-refractivity contribution in [2.45, 2.75) is 38.8 Å². The van der Waals surface area contributed by atoms with Gasteiger partial charge in [0, 0.05) is 23.3 Å². The number of hydrogen-bond acceptors (Lipinski definition) is 4. The molecule has 0 bridgehead atoms. The van der Waals surface area contributed by atoms with E-state index in [1.54, 1.807) is 6.20 Å². The molecule has 5 nitrogen and oxygen atoms in total. The van der Waals surface area contributed by atoms with Crippen molar-refractivity contribution in [1.29, 1.82) is 0 Å². The van der Waals surface area contributed by atoms with E-state index >= 15 is 0 Å². The molecule has 0 aliphatic heterocycles. The Balaban J connectivity index is 1.67. The summed E-state index contributed by atoms with van der Waals surface area (Å²) in [7, 11) is 0. The second-order valence-corrected chi connectivity index (χ2v) is 6.21. The number of pyridine rings is 1. The SMILES string of the molecule is CCc1cnc(NC(=O)N(Cc2ccccn2)C2CC2)s1. The summed E-state index contributed by atoms with van der Waals surface area (Å²) in [6.07, 6.45) is 6.65. The third-order valence-corrected chi connectivity index (χ3v) is 4.48. The summed E-state index contributed by atoms with van der Waals surface area (Å²) in [5.74, 6) is 0. The zero-order valence-electron chi connectivity index (χ0n) is 12.0. The summed E-state index contributed by atoms with van der Waals surface area (Å²) in [6.45, 7) is 2.63. The molecular formula is C15H18N4OS. The van der Waals surface area contributed by atoms with Gasteiger partial charge in [-0.1, -0.05) is 13.0 Å². The van der Waals surface area contributed by atoms with Gasteiger partial charge in [0.1, 0.15) is 0 Å². The van der Waals surface area contributed by atoms with Crippen LogP contribution in [0.25, 0.3) is 0 Å². The van der Waals surface area contributed by atoms with Crippen LogP contribution in [0.3, 0.4) is 0 Å². The second kappa shape index (κ2) is 6.22. The monoisotopic (exact) mass is 302 g/mol. The molecule has 1 aliphatic rings. The molecule has 0 saturated heterocycles. The lowest BCUT2D eigenvalue weighted by atomic mass is 10.3. The Hall–Kier alpha value is -1.95. The lowest BCUT2D eigenvalue weighted by Crippen LogP contribution is -2.36. The van der Waals surface area contributed by atoms with E-state index in [2.05, 4.69) is 22.2 Å². The van der Waals surface area contributed by atoms with E-state index in [0.29, 0.717) is 17.7 Å². The molecule has 1 saturated carbocycles. The summed E-state index contributed by atoms with van der Waals surface area (Å²) in [6, 6.07) is 6.02. The van der Waals surface area contributed by atoms with Crippen LogP contribution in [0.4, 0.5) is 9.93 Å². The number of carbonyl (C=O) groups is 1. The highest BCUT2D eigenvalue weighted by atomic mass is 32.1. The molecule has 0 radical (unpaired) electrons. The predicted octanol–water partition coefficient (Wildman–Crippen LogP) is 3.30. The molecule has 2 aromatic heterocycles.